The van der Waals surface area contributed by atoms with Gasteiger partial charge in [0.1, 0.15) is 5.78 Å². The summed E-state index contributed by atoms with van der Waals surface area (Å²) in [7, 11) is 1.99. The van der Waals surface area contributed by atoms with E-state index in [2.05, 4.69) is 4.90 Å². The highest BCUT2D eigenvalue weighted by Crippen LogP contribution is 2.10. The second-order valence-corrected chi connectivity index (χ2v) is 2.89. The number of rotatable bonds is 0. The van der Waals surface area contributed by atoms with Crippen molar-refractivity contribution in [3.8, 4) is 0 Å². The fraction of sp³-hybridized carbons (Fsp3) is 0.857. The van der Waals surface area contributed by atoms with Crippen LogP contribution in [0.15, 0.2) is 0 Å². The molecule has 1 aliphatic rings. The number of hydrogen-bond acceptors (Lipinski definition) is 2. The maximum absolute atomic E-state index is 11.0. The summed E-state index contributed by atoms with van der Waals surface area (Å²) >= 11 is 0. The zero-order valence-electron chi connectivity index (χ0n) is 6.05. The quantitative estimate of drug-likeness (QED) is 0.473. The van der Waals surface area contributed by atoms with E-state index in [-0.39, 0.29) is 0 Å². The predicted molar refractivity (Wildman–Crippen MR) is 36.3 cm³/mol. The summed E-state index contributed by atoms with van der Waals surface area (Å²) in [6, 6.07) is 0. The summed E-state index contributed by atoms with van der Waals surface area (Å²) in [6.45, 7) is 3.74. The normalized spacial score (nSPS) is 30.9. The van der Waals surface area contributed by atoms with Crippen molar-refractivity contribution in [2.24, 2.45) is 5.92 Å². The smallest absolute Gasteiger partial charge is 0.149 e. The summed E-state index contributed by atoms with van der Waals surface area (Å²) in [5.41, 5.74) is 0. The standard InChI is InChI=1S/C7H13NO/c1-6-3-4-8(2)5-7(6)9/h6H,3-5H2,1-2H3. The second-order valence-electron chi connectivity index (χ2n) is 2.89. The Morgan fingerprint density at radius 1 is 1.67 bits per heavy atom. The molecule has 0 radical (unpaired) electrons. The van der Waals surface area contributed by atoms with Crippen molar-refractivity contribution >= 4 is 5.78 Å². The fourth-order valence-electron chi connectivity index (χ4n) is 1.08. The van der Waals surface area contributed by atoms with Gasteiger partial charge in [-0.05, 0) is 20.0 Å². The van der Waals surface area contributed by atoms with E-state index in [9.17, 15) is 4.79 Å². The molecule has 52 valence electrons. The number of carbonyl (C=O) groups excluding carboxylic acids is 1. The van der Waals surface area contributed by atoms with E-state index in [0.717, 1.165) is 13.0 Å². The van der Waals surface area contributed by atoms with Crippen molar-refractivity contribution in [2.45, 2.75) is 13.3 Å². The van der Waals surface area contributed by atoms with E-state index < -0.39 is 0 Å². The van der Waals surface area contributed by atoms with Crippen LogP contribution in [0, 0.1) is 5.92 Å². The summed E-state index contributed by atoms with van der Waals surface area (Å²) < 4.78 is 0. The highest BCUT2D eigenvalue weighted by Gasteiger charge is 2.20. The van der Waals surface area contributed by atoms with Crippen molar-refractivity contribution in [1.29, 1.82) is 0 Å². The number of ketones is 1. The Labute approximate surface area is 55.8 Å². The summed E-state index contributed by atoms with van der Waals surface area (Å²) in [5, 5.41) is 0. The Balaban J connectivity index is 2.44. The first-order valence-corrected chi connectivity index (χ1v) is 3.41. The molecule has 0 spiro atoms. The van der Waals surface area contributed by atoms with Gasteiger partial charge in [0.25, 0.3) is 0 Å². The SMILES string of the molecule is CC1CCN(C)CC1=O. The van der Waals surface area contributed by atoms with E-state index >= 15 is 0 Å². The predicted octanol–water partition coefficient (Wildman–Crippen LogP) is 0.527. The number of likely N-dealkylation sites (tertiary alicyclic amines) is 1. The Morgan fingerprint density at radius 2 is 2.33 bits per heavy atom. The van der Waals surface area contributed by atoms with Crippen LogP contribution in [0.1, 0.15) is 13.3 Å². The Hall–Kier alpha value is -0.370. The van der Waals surface area contributed by atoms with Crippen LogP contribution in [-0.2, 0) is 4.79 Å². The van der Waals surface area contributed by atoms with Crippen LogP contribution in [0.4, 0.5) is 0 Å². The van der Waals surface area contributed by atoms with Gasteiger partial charge in [-0.3, -0.25) is 9.69 Å². The lowest BCUT2D eigenvalue weighted by Crippen LogP contribution is -2.37. The molecule has 9 heavy (non-hydrogen) atoms. The van der Waals surface area contributed by atoms with Crippen LogP contribution < -0.4 is 0 Å². The molecule has 1 atom stereocenters. The van der Waals surface area contributed by atoms with Crippen LogP contribution >= 0.6 is 0 Å². The lowest BCUT2D eigenvalue weighted by atomic mass is 9.98. The van der Waals surface area contributed by atoms with E-state index in [0.29, 0.717) is 18.2 Å². The van der Waals surface area contributed by atoms with E-state index in [4.69, 9.17) is 0 Å². The van der Waals surface area contributed by atoms with Gasteiger partial charge in [0.15, 0.2) is 0 Å². The topological polar surface area (TPSA) is 20.3 Å². The molecular weight excluding hydrogens is 114 g/mol. The van der Waals surface area contributed by atoms with E-state index in [1.165, 1.54) is 0 Å². The number of carbonyl (C=O) groups is 1. The molecule has 0 amide bonds. The summed E-state index contributed by atoms with van der Waals surface area (Å²) in [5.74, 6) is 0.699. The number of Topliss-reactive ketones (excluding diaryl/α,β-unsaturated/α-hetero) is 1. The Bertz CT molecular complexity index is 122. The molecule has 1 heterocycles. The molecule has 1 aliphatic heterocycles. The number of likely N-dealkylation sites (N-methyl/N-ethyl adjacent to an activating group) is 1. The third-order valence-electron chi connectivity index (χ3n) is 1.92. The van der Waals surface area contributed by atoms with Crippen LogP contribution in [0.3, 0.4) is 0 Å². The zero-order chi connectivity index (χ0) is 6.85. The molecule has 1 fully saturated rings. The average Bonchev–Trinajstić information content (AvgIpc) is 1.80. The zero-order valence-corrected chi connectivity index (χ0v) is 6.05. The molecule has 2 heteroatoms. The summed E-state index contributed by atoms with van der Waals surface area (Å²) in [4.78, 5) is 13.0. The maximum atomic E-state index is 11.0. The molecule has 2 nitrogen and oxygen atoms in total. The molecule has 0 saturated carbocycles. The van der Waals surface area contributed by atoms with Crippen molar-refractivity contribution < 1.29 is 4.79 Å². The minimum absolute atomic E-state index is 0.307. The van der Waals surface area contributed by atoms with Crippen molar-refractivity contribution in [3.05, 3.63) is 0 Å². The first-order chi connectivity index (χ1) is 4.20. The lowest BCUT2D eigenvalue weighted by molar-refractivity contribution is -0.125. The third-order valence-corrected chi connectivity index (χ3v) is 1.92. The maximum Gasteiger partial charge on any atom is 0.149 e. The van der Waals surface area contributed by atoms with E-state index in [1.807, 2.05) is 14.0 Å². The Kier molecular flexibility index (Phi) is 1.86. The average molecular weight is 127 g/mol. The van der Waals surface area contributed by atoms with Gasteiger partial charge in [0, 0.05) is 5.92 Å². The minimum atomic E-state index is 0.307. The van der Waals surface area contributed by atoms with Gasteiger partial charge in [-0.15, -0.1) is 0 Å². The molecule has 0 aromatic heterocycles. The monoisotopic (exact) mass is 127 g/mol. The molecule has 1 saturated heterocycles. The van der Waals surface area contributed by atoms with Gasteiger partial charge in [0.05, 0.1) is 6.54 Å². The molecule has 0 aromatic rings. The molecule has 0 N–H and O–H groups in total. The van der Waals surface area contributed by atoms with Gasteiger partial charge in [-0.2, -0.15) is 0 Å². The van der Waals surface area contributed by atoms with Crippen LogP contribution in [0.2, 0.25) is 0 Å². The number of nitrogens with zero attached hydrogens (tertiary/aromatic N) is 1. The van der Waals surface area contributed by atoms with Gasteiger partial charge in [-0.25, -0.2) is 0 Å². The molecule has 0 aromatic carbocycles. The minimum Gasteiger partial charge on any atom is -0.299 e. The first-order valence-electron chi connectivity index (χ1n) is 3.41. The summed E-state index contributed by atoms with van der Waals surface area (Å²) in [6.07, 6.45) is 1.04. The first kappa shape index (κ1) is 6.75. The Morgan fingerprint density at radius 3 is 2.78 bits per heavy atom. The van der Waals surface area contributed by atoms with Gasteiger partial charge in [0.2, 0.25) is 0 Å². The van der Waals surface area contributed by atoms with Crippen LogP contribution in [0.25, 0.3) is 0 Å². The fourth-order valence-corrected chi connectivity index (χ4v) is 1.08. The number of piperidine rings is 1. The second kappa shape index (κ2) is 2.48. The van der Waals surface area contributed by atoms with Crippen molar-refractivity contribution in [2.75, 3.05) is 20.1 Å². The highest BCUT2D eigenvalue weighted by molar-refractivity contribution is 5.83. The largest absolute Gasteiger partial charge is 0.299 e. The third kappa shape index (κ3) is 1.52. The van der Waals surface area contributed by atoms with Gasteiger partial charge in [-0.1, -0.05) is 6.92 Å². The van der Waals surface area contributed by atoms with Gasteiger partial charge >= 0.3 is 0 Å². The highest BCUT2D eigenvalue weighted by atomic mass is 16.1. The van der Waals surface area contributed by atoms with Crippen LogP contribution in [0.5, 0.6) is 0 Å². The van der Waals surface area contributed by atoms with Crippen molar-refractivity contribution in [1.82, 2.24) is 4.90 Å². The molecular formula is C7H13NO. The van der Waals surface area contributed by atoms with Crippen molar-refractivity contribution in [3.63, 3.8) is 0 Å². The molecule has 0 aliphatic carbocycles. The van der Waals surface area contributed by atoms with Crippen LogP contribution in [-0.4, -0.2) is 30.8 Å². The molecule has 1 rings (SSSR count). The molecule has 1 unspecified atom stereocenters. The molecule has 0 bridgehead atoms. The lowest BCUT2D eigenvalue weighted by Gasteiger charge is -2.24. The number of hydrogen-bond donors (Lipinski definition) is 0. The van der Waals surface area contributed by atoms with Gasteiger partial charge < -0.3 is 0 Å². The van der Waals surface area contributed by atoms with E-state index in [1.54, 1.807) is 0 Å².